The van der Waals surface area contributed by atoms with E-state index in [2.05, 4.69) is 20.6 Å². The first-order valence-electron chi connectivity index (χ1n) is 8.68. The summed E-state index contributed by atoms with van der Waals surface area (Å²) in [6.07, 6.45) is -2.14. The van der Waals surface area contributed by atoms with Crippen molar-refractivity contribution in [3.05, 3.63) is 71.7 Å². The number of nitrogens with zero attached hydrogens (tertiary/aromatic N) is 2. The highest BCUT2D eigenvalue weighted by Gasteiger charge is 2.35. The molecule has 2 N–H and O–H groups in total. The van der Waals surface area contributed by atoms with Crippen LogP contribution in [0.3, 0.4) is 0 Å². The number of benzene rings is 2. The third kappa shape index (κ3) is 4.97. The zero-order chi connectivity index (χ0) is 20.1. The zero-order valence-corrected chi connectivity index (χ0v) is 15.0. The SMILES string of the molecule is CCCc1cccc(Nc2nc(Nc3ccc(F)cc3)ncc2C(F)(F)F)c1. The fourth-order valence-corrected chi connectivity index (χ4v) is 2.64. The van der Waals surface area contributed by atoms with Crippen LogP contribution in [0.25, 0.3) is 0 Å². The minimum Gasteiger partial charge on any atom is -0.340 e. The lowest BCUT2D eigenvalue weighted by Gasteiger charge is -2.15. The minimum atomic E-state index is -4.61. The van der Waals surface area contributed by atoms with Gasteiger partial charge in [0.25, 0.3) is 0 Å². The summed E-state index contributed by atoms with van der Waals surface area (Å²) in [5.74, 6) is -0.819. The molecule has 0 radical (unpaired) electrons. The Balaban J connectivity index is 1.92. The smallest absolute Gasteiger partial charge is 0.340 e. The average Bonchev–Trinajstić information content (AvgIpc) is 2.63. The molecule has 0 bridgehead atoms. The molecule has 4 nitrogen and oxygen atoms in total. The number of hydrogen-bond donors (Lipinski definition) is 2. The number of anilines is 4. The van der Waals surface area contributed by atoms with E-state index in [-0.39, 0.29) is 11.8 Å². The second kappa shape index (κ2) is 8.24. The molecule has 0 saturated heterocycles. The van der Waals surface area contributed by atoms with E-state index in [1.54, 1.807) is 18.2 Å². The second-order valence-corrected chi connectivity index (χ2v) is 6.16. The molecule has 0 aliphatic carbocycles. The maximum atomic E-state index is 13.4. The van der Waals surface area contributed by atoms with Crippen molar-refractivity contribution in [2.24, 2.45) is 0 Å². The lowest BCUT2D eigenvalue weighted by atomic mass is 10.1. The Morgan fingerprint density at radius 3 is 2.39 bits per heavy atom. The maximum absolute atomic E-state index is 13.4. The Bertz CT molecular complexity index is 940. The normalized spacial score (nSPS) is 11.3. The summed E-state index contributed by atoms with van der Waals surface area (Å²) >= 11 is 0. The topological polar surface area (TPSA) is 49.8 Å². The number of rotatable bonds is 6. The molecular formula is C20H18F4N4. The summed E-state index contributed by atoms with van der Waals surface area (Å²) in [7, 11) is 0. The molecule has 3 rings (SSSR count). The Morgan fingerprint density at radius 2 is 1.71 bits per heavy atom. The van der Waals surface area contributed by atoms with Gasteiger partial charge in [0, 0.05) is 17.6 Å². The number of aromatic nitrogens is 2. The average molecular weight is 390 g/mol. The minimum absolute atomic E-state index is 0.0354. The third-order valence-electron chi connectivity index (χ3n) is 3.92. The van der Waals surface area contributed by atoms with Crippen molar-refractivity contribution >= 4 is 23.1 Å². The van der Waals surface area contributed by atoms with Gasteiger partial charge >= 0.3 is 6.18 Å². The van der Waals surface area contributed by atoms with Crippen molar-refractivity contribution in [3.63, 3.8) is 0 Å². The van der Waals surface area contributed by atoms with Gasteiger partial charge < -0.3 is 10.6 Å². The Hall–Kier alpha value is -3.16. The van der Waals surface area contributed by atoms with Crippen molar-refractivity contribution in [2.75, 3.05) is 10.6 Å². The van der Waals surface area contributed by atoms with E-state index in [0.717, 1.165) is 24.6 Å². The standard InChI is InChI=1S/C20H18F4N4/c1-2-4-13-5-3-6-16(11-13)26-18-17(20(22,23)24)12-25-19(28-18)27-15-9-7-14(21)8-10-15/h3,5-12H,2,4H2,1H3,(H2,25,26,27,28). The van der Waals surface area contributed by atoms with Crippen LogP contribution < -0.4 is 10.6 Å². The summed E-state index contributed by atoms with van der Waals surface area (Å²) in [5.41, 5.74) is 0.998. The molecular weight excluding hydrogens is 372 g/mol. The molecule has 0 fully saturated rings. The van der Waals surface area contributed by atoms with Crippen LogP contribution >= 0.6 is 0 Å². The van der Waals surface area contributed by atoms with Gasteiger partial charge in [0.15, 0.2) is 0 Å². The van der Waals surface area contributed by atoms with Gasteiger partial charge in [-0.1, -0.05) is 25.5 Å². The molecule has 1 aromatic heterocycles. The first-order chi connectivity index (χ1) is 13.3. The van der Waals surface area contributed by atoms with Gasteiger partial charge in [0.1, 0.15) is 17.2 Å². The highest BCUT2D eigenvalue weighted by molar-refractivity contribution is 5.63. The van der Waals surface area contributed by atoms with Gasteiger partial charge in [-0.05, 0) is 48.4 Å². The van der Waals surface area contributed by atoms with Crippen molar-refractivity contribution in [2.45, 2.75) is 25.9 Å². The summed E-state index contributed by atoms with van der Waals surface area (Å²) in [6.45, 7) is 2.03. The Kier molecular flexibility index (Phi) is 5.77. The molecule has 0 aliphatic heterocycles. The number of halogens is 4. The van der Waals surface area contributed by atoms with Crippen LogP contribution in [0.4, 0.5) is 40.7 Å². The summed E-state index contributed by atoms with van der Waals surface area (Å²) < 4.78 is 53.1. The van der Waals surface area contributed by atoms with E-state index in [0.29, 0.717) is 11.4 Å². The Labute approximate surface area is 159 Å². The van der Waals surface area contributed by atoms with Gasteiger partial charge in [-0.3, -0.25) is 0 Å². The second-order valence-electron chi connectivity index (χ2n) is 6.16. The predicted octanol–water partition coefficient (Wildman–Crippen LogP) is 6.07. The lowest BCUT2D eigenvalue weighted by molar-refractivity contribution is -0.137. The van der Waals surface area contributed by atoms with Crippen molar-refractivity contribution in [3.8, 4) is 0 Å². The van der Waals surface area contributed by atoms with Crippen LogP contribution in [0.15, 0.2) is 54.7 Å². The van der Waals surface area contributed by atoms with Gasteiger partial charge in [0.2, 0.25) is 5.95 Å². The number of aryl methyl sites for hydroxylation is 1. The summed E-state index contributed by atoms with van der Waals surface area (Å²) in [5, 5.41) is 5.51. The largest absolute Gasteiger partial charge is 0.421 e. The van der Waals surface area contributed by atoms with Crippen LogP contribution in [-0.4, -0.2) is 9.97 Å². The molecule has 0 spiro atoms. The molecule has 28 heavy (non-hydrogen) atoms. The van der Waals surface area contributed by atoms with Crippen molar-refractivity contribution in [1.29, 1.82) is 0 Å². The zero-order valence-electron chi connectivity index (χ0n) is 15.0. The highest BCUT2D eigenvalue weighted by Crippen LogP contribution is 2.35. The third-order valence-corrected chi connectivity index (χ3v) is 3.92. The van der Waals surface area contributed by atoms with Gasteiger partial charge in [-0.25, -0.2) is 9.37 Å². The number of nitrogens with one attached hydrogen (secondary N) is 2. The van der Waals surface area contributed by atoms with Crippen molar-refractivity contribution in [1.82, 2.24) is 9.97 Å². The fraction of sp³-hybridized carbons (Fsp3) is 0.200. The molecule has 1 heterocycles. The molecule has 3 aromatic rings. The quantitative estimate of drug-likeness (QED) is 0.501. The lowest BCUT2D eigenvalue weighted by Crippen LogP contribution is -2.12. The van der Waals surface area contributed by atoms with E-state index in [1.165, 1.54) is 24.3 Å². The fourth-order valence-electron chi connectivity index (χ4n) is 2.64. The predicted molar refractivity (Wildman–Crippen MR) is 100 cm³/mol. The van der Waals surface area contributed by atoms with Crippen LogP contribution in [0.1, 0.15) is 24.5 Å². The molecule has 0 unspecified atom stereocenters. The summed E-state index contributed by atoms with van der Waals surface area (Å²) in [6, 6.07) is 12.5. The molecule has 0 aliphatic rings. The van der Waals surface area contributed by atoms with Gasteiger partial charge in [-0.2, -0.15) is 18.2 Å². The molecule has 2 aromatic carbocycles. The Morgan fingerprint density at radius 1 is 0.964 bits per heavy atom. The van der Waals surface area contributed by atoms with E-state index >= 15 is 0 Å². The van der Waals surface area contributed by atoms with E-state index in [4.69, 9.17) is 0 Å². The molecule has 0 atom stereocenters. The van der Waals surface area contributed by atoms with Crippen LogP contribution in [0.5, 0.6) is 0 Å². The van der Waals surface area contributed by atoms with E-state index < -0.39 is 17.6 Å². The number of alkyl halides is 3. The summed E-state index contributed by atoms with van der Waals surface area (Å²) in [4.78, 5) is 7.72. The monoisotopic (exact) mass is 390 g/mol. The van der Waals surface area contributed by atoms with Gasteiger partial charge in [0.05, 0.1) is 0 Å². The molecule has 8 heteroatoms. The van der Waals surface area contributed by atoms with Crippen LogP contribution in [0.2, 0.25) is 0 Å². The van der Waals surface area contributed by atoms with Crippen LogP contribution in [-0.2, 0) is 12.6 Å². The van der Waals surface area contributed by atoms with Crippen molar-refractivity contribution < 1.29 is 17.6 Å². The van der Waals surface area contributed by atoms with E-state index in [9.17, 15) is 17.6 Å². The van der Waals surface area contributed by atoms with Crippen LogP contribution in [0, 0.1) is 5.82 Å². The maximum Gasteiger partial charge on any atom is 0.421 e. The highest BCUT2D eigenvalue weighted by atomic mass is 19.4. The van der Waals surface area contributed by atoms with Gasteiger partial charge in [-0.15, -0.1) is 0 Å². The first-order valence-corrected chi connectivity index (χ1v) is 8.68. The molecule has 0 saturated carbocycles. The van der Waals surface area contributed by atoms with E-state index in [1.807, 2.05) is 13.0 Å². The molecule has 146 valence electrons. The first kappa shape index (κ1) is 19.6. The number of hydrogen-bond acceptors (Lipinski definition) is 4. The molecule has 0 amide bonds.